The van der Waals surface area contributed by atoms with Crippen molar-refractivity contribution in [2.45, 2.75) is 70.6 Å². The zero-order chi connectivity index (χ0) is 19.1. The number of nitrogens with one attached hydrogen (secondary N) is 1. The molecule has 27 heavy (non-hydrogen) atoms. The summed E-state index contributed by atoms with van der Waals surface area (Å²) in [6.45, 7) is 4.74. The van der Waals surface area contributed by atoms with Gasteiger partial charge in [0.05, 0.1) is 5.52 Å². The molecule has 2 aliphatic rings. The highest BCUT2D eigenvalue weighted by Crippen LogP contribution is 2.34. The van der Waals surface area contributed by atoms with Crippen LogP contribution in [0.4, 0.5) is 0 Å². The maximum Gasteiger partial charge on any atom is 0.276 e. The Morgan fingerprint density at radius 3 is 2.63 bits per heavy atom. The molecule has 6 nitrogen and oxygen atoms in total. The highest BCUT2D eigenvalue weighted by Gasteiger charge is 2.39. The van der Waals surface area contributed by atoms with Gasteiger partial charge in [0, 0.05) is 30.1 Å². The summed E-state index contributed by atoms with van der Waals surface area (Å²) in [6, 6.07) is 6.90. The minimum absolute atomic E-state index is 0.0195. The van der Waals surface area contributed by atoms with Gasteiger partial charge in [-0.25, -0.2) is 0 Å². The molecule has 2 aromatic rings. The van der Waals surface area contributed by atoms with Gasteiger partial charge in [-0.15, -0.1) is 0 Å². The first-order valence-electron chi connectivity index (χ1n) is 10.0. The number of carbonyl (C=O) groups excluding carboxylic acids is 1. The standard InChI is InChI=1S/C21H28N4O2/c1-4-9-25-18-10-13(2)5-8-17(18)20(26)19(23-25)21(27)22-14-11-15-6-7-16(12-14)24(15)3/h5,8,10,14-16H,4,6-7,9,11-12H2,1-3H3,(H,22,27). The Labute approximate surface area is 159 Å². The minimum Gasteiger partial charge on any atom is -0.348 e. The Kier molecular flexibility index (Phi) is 4.76. The van der Waals surface area contributed by atoms with Crippen LogP contribution < -0.4 is 10.7 Å². The van der Waals surface area contributed by atoms with Gasteiger partial charge in [0.15, 0.2) is 5.69 Å². The molecule has 0 saturated carbocycles. The van der Waals surface area contributed by atoms with Crippen LogP contribution in [0.25, 0.3) is 10.9 Å². The molecule has 6 heteroatoms. The van der Waals surface area contributed by atoms with Crippen LogP contribution in [0.2, 0.25) is 0 Å². The number of piperidine rings is 1. The van der Waals surface area contributed by atoms with E-state index in [4.69, 9.17) is 0 Å². The van der Waals surface area contributed by atoms with Crippen LogP contribution in [0.1, 0.15) is 55.1 Å². The lowest BCUT2D eigenvalue weighted by atomic mass is 9.98. The van der Waals surface area contributed by atoms with Crippen LogP contribution in [0, 0.1) is 6.92 Å². The Morgan fingerprint density at radius 2 is 1.96 bits per heavy atom. The average Bonchev–Trinajstić information content (AvgIpc) is 2.85. The predicted octanol–water partition coefficient (Wildman–Crippen LogP) is 2.47. The molecular weight excluding hydrogens is 340 g/mol. The lowest BCUT2D eigenvalue weighted by Gasteiger charge is -2.36. The van der Waals surface area contributed by atoms with Crippen LogP contribution >= 0.6 is 0 Å². The summed E-state index contributed by atoms with van der Waals surface area (Å²) in [6.07, 6.45) is 5.19. The molecule has 2 unspecified atom stereocenters. The number of aryl methyl sites for hydroxylation is 2. The molecule has 1 amide bonds. The highest BCUT2D eigenvalue weighted by atomic mass is 16.2. The number of nitrogens with zero attached hydrogens (tertiary/aromatic N) is 3. The molecule has 2 fully saturated rings. The van der Waals surface area contributed by atoms with Crippen molar-refractivity contribution >= 4 is 16.8 Å². The first-order valence-corrected chi connectivity index (χ1v) is 10.0. The topological polar surface area (TPSA) is 67.2 Å². The molecule has 144 valence electrons. The first-order chi connectivity index (χ1) is 13.0. The van der Waals surface area contributed by atoms with Gasteiger partial charge in [-0.1, -0.05) is 13.0 Å². The van der Waals surface area contributed by atoms with E-state index in [1.54, 1.807) is 4.68 Å². The predicted molar refractivity (Wildman–Crippen MR) is 106 cm³/mol. The van der Waals surface area contributed by atoms with Crippen LogP contribution in [-0.2, 0) is 6.54 Å². The second kappa shape index (κ2) is 7.08. The zero-order valence-electron chi connectivity index (χ0n) is 16.4. The summed E-state index contributed by atoms with van der Waals surface area (Å²) >= 11 is 0. The van der Waals surface area contributed by atoms with Gasteiger partial charge in [-0.05, 0) is 63.8 Å². The number of carbonyl (C=O) groups is 1. The number of rotatable bonds is 4. The van der Waals surface area contributed by atoms with Crippen molar-refractivity contribution in [2.24, 2.45) is 0 Å². The van der Waals surface area contributed by atoms with E-state index in [2.05, 4.69) is 29.3 Å². The van der Waals surface area contributed by atoms with Crippen molar-refractivity contribution in [1.82, 2.24) is 20.0 Å². The molecule has 0 spiro atoms. The lowest BCUT2D eigenvalue weighted by Crippen LogP contribution is -2.49. The summed E-state index contributed by atoms with van der Waals surface area (Å²) in [4.78, 5) is 28.3. The van der Waals surface area contributed by atoms with E-state index < -0.39 is 0 Å². The van der Waals surface area contributed by atoms with Crippen molar-refractivity contribution in [3.05, 3.63) is 39.7 Å². The van der Waals surface area contributed by atoms with Gasteiger partial charge < -0.3 is 10.2 Å². The van der Waals surface area contributed by atoms with E-state index in [-0.39, 0.29) is 23.1 Å². The van der Waals surface area contributed by atoms with E-state index in [9.17, 15) is 9.59 Å². The van der Waals surface area contributed by atoms with Crippen LogP contribution in [0.3, 0.4) is 0 Å². The molecule has 0 radical (unpaired) electrons. The second-order valence-electron chi connectivity index (χ2n) is 8.11. The number of fused-ring (bicyclic) bond motifs is 3. The third-order valence-corrected chi connectivity index (χ3v) is 6.20. The largest absolute Gasteiger partial charge is 0.348 e. The molecule has 1 aromatic carbocycles. The number of aromatic nitrogens is 2. The fourth-order valence-corrected chi connectivity index (χ4v) is 4.71. The Balaban J connectivity index is 1.65. The molecule has 4 rings (SSSR count). The summed E-state index contributed by atoms with van der Waals surface area (Å²) < 4.78 is 1.80. The monoisotopic (exact) mass is 368 g/mol. The number of benzene rings is 1. The second-order valence-corrected chi connectivity index (χ2v) is 8.11. The summed E-state index contributed by atoms with van der Waals surface area (Å²) in [7, 11) is 2.18. The molecule has 2 aliphatic heterocycles. The van der Waals surface area contributed by atoms with Crippen molar-refractivity contribution < 1.29 is 4.79 Å². The fraction of sp³-hybridized carbons (Fsp3) is 0.571. The summed E-state index contributed by atoms with van der Waals surface area (Å²) in [5, 5.41) is 8.12. The maximum atomic E-state index is 12.9. The van der Waals surface area contributed by atoms with Gasteiger partial charge in [0.2, 0.25) is 5.43 Å². The van der Waals surface area contributed by atoms with Crippen molar-refractivity contribution in [3.63, 3.8) is 0 Å². The maximum absolute atomic E-state index is 12.9. The fourth-order valence-electron chi connectivity index (χ4n) is 4.71. The normalized spacial score (nSPS) is 25.1. The third kappa shape index (κ3) is 3.27. The molecular formula is C21H28N4O2. The molecule has 2 saturated heterocycles. The summed E-state index contributed by atoms with van der Waals surface area (Å²) in [5.41, 5.74) is 1.63. The lowest BCUT2D eigenvalue weighted by molar-refractivity contribution is 0.0874. The highest BCUT2D eigenvalue weighted by molar-refractivity contribution is 5.95. The molecule has 2 atom stereocenters. The first kappa shape index (κ1) is 18.2. The zero-order valence-corrected chi connectivity index (χ0v) is 16.4. The molecule has 2 bridgehead atoms. The molecule has 1 aromatic heterocycles. The molecule has 0 aliphatic carbocycles. The number of amides is 1. The van der Waals surface area contributed by atoms with E-state index in [1.807, 2.05) is 25.1 Å². The van der Waals surface area contributed by atoms with Gasteiger partial charge >= 0.3 is 0 Å². The van der Waals surface area contributed by atoms with Crippen molar-refractivity contribution in [3.8, 4) is 0 Å². The van der Waals surface area contributed by atoms with E-state index in [0.717, 1.165) is 30.3 Å². The van der Waals surface area contributed by atoms with Gasteiger partial charge in [-0.2, -0.15) is 5.10 Å². The Morgan fingerprint density at radius 1 is 1.26 bits per heavy atom. The summed E-state index contributed by atoms with van der Waals surface area (Å²) in [5.74, 6) is -0.332. The van der Waals surface area contributed by atoms with Crippen LogP contribution in [0.15, 0.2) is 23.0 Å². The molecule has 1 N–H and O–H groups in total. The molecule has 3 heterocycles. The Bertz CT molecular complexity index is 922. The minimum atomic E-state index is -0.332. The van der Waals surface area contributed by atoms with Gasteiger partial charge in [-0.3, -0.25) is 14.3 Å². The Hall–Kier alpha value is -2.21. The van der Waals surface area contributed by atoms with Gasteiger partial charge in [0.1, 0.15) is 0 Å². The SMILES string of the molecule is CCCn1nc(C(=O)NC2CC3CCC(C2)N3C)c(=O)c2ccc(C)cc21. The average molecular weight is 368 g/mol. The number of hydrogen-bond donors (Lipinski definition) is 1. The quantitative estimate of drug-likeness (QED) is 0.900. The van der Waals surface area contributed by atoms with E-state index >= 15 is 0 Å². The van der Waals surface area contributed by atoms with Crippen molar-refractivity contribution in [2.75, 3.05) is 7.05 Å². The number of hydrogen-bond acceptors (Lipinski definition) is 4. The van der Waals surface area contributed by atoms with Gasteiger partial charge in [0.25, 0.3) is 5.91 Å². The van der Waals surface area contributed by atoms with Crippen molar-refractivity contribution in [1.29, 1.82) is 0 Å². The van der Waals surface area contributed by atoms with E-state index in [0.29, 0.717) is 24.0 Å². The third-order valence-electron chi connectivity index (χ3n) is 6.20. The van der Waals surface area contributed by atoms with Crippen LogP contribution in [0.5, 0.6) is 0 Å². The smallest absolute Gasteiger partial charge is 0.276 e. The van der Waals surface area contributed by atoms with E-state index in [1.165, 1.54) is 12.8 Å². The van der Waals surface area contributed by atoms with Crippen LogP contribution in [-0.4, -0.2) is 45.8 Å².